The first-order valence-corrected chi connectivity index (χ1v) is 9.14. The highest BCUT2D eigenvalue weighted by Gasteiger charge is 2.20. The Morgan fingerprint density at radius 2 is 1.82 bits per heavy atom. The first kappa shape index (κ1) is 18.6. The van der Waals surface area contributed by atoms with Crippen molar-refractivity contribution in [3.05, 3.63) is 29.8 Å². The molecule has 1 aromatic rings. The van der Waals surface area contributed by atoms with Gasteiger partial charge in [-0.1, -0.05) is 20.3 Å². The van der Waals surface area contributed by atoms with Gasteiger partial charge in [0.1, 0.15) is 0 Å². The number of hydrogen-bond donors (Lipinski definition) is 1. The summed E-state index contributed by atoms with van der Waals surface area (Å²) in [6.07, 6.45) is 2.61. The second kappa shape index (κ2) is 8.29. The lowest BCUT2D eigenvalue weighted by Crippen LogP contribution is -2.32. The van der Waals surface area contributed by atoms with Crippen LogP contribution in [0, 0.1) is 0 Å². The van der Waals surface area contributed by atoms with Crippen LogP contribution in [0.2, 0.25) is 0 Å². The lowest BCUT2D eigenvalue weighted by molar-refractivity contribution is 0.0939. The minimum Gasteiger partial charge on any atom is -0.350 e. The molecule has 0 aliphatic carbocycles. The first-order valence-electron chi connectivity index (χ1n) is 7.70. The second-order valence-corrected chi connectivity index (χ2v) is 7.53. The number of sulfonamides is 1. The maximum absolute atomic E-state index is 12.4. The number of nitrogens with zero attached hydrogens (tertiary/aromatic N) is 1. The van der Waals surface area contributed by atoms with E-state index in [1.807, 2.05) is 20.8 Å². The monoisotopic (exact) mass is 326 g/mol. The maximum Gasteiger partial charge on any atom is 0.251 e. The Hall–Kier alpha value is -1.40. The summed E-state index contributed by atoms with van der Waals surface area (Å²) in [7, 11) is -1.90. The molecule has 0 fully saturated rings. The molecule has 0 heterocycles. The topological polar surface area (TPSA) is 66.5 Å². The molecule has 0 aliphatic rings. The second-order valence-electron chi connectivity index (χ2n) is 5.49. The molecule has 1 amide bonds. The van der Waals surface area contributed by atoms with Gasteiger partial charge in [-0.15, -0.1) is 0 Å². The van der Waals surface area contributed by atoms with Gasteiger partial charge in [0.05, 0.1) is 4.90 Å². The lowest BCUT2D eigenvalue weighted by Gasteiger charge is -2.17. The summed E-state index contributed by atoms with van der Waals surface area (Å²) in [5, 5.41) is 2.86. The van der Waals surface area contributed by atoms with Gasteiger partial charge >= 0.3 is 0 Å². The smallest absolute Gasteiger partial charge is 0.251 e. The highest BCUT2D eigenvalue weighted by atomic mass is 32.2. The van der Waals surface area contributed by atoms with Crippen molar-refractivity contribution in [1.82, 2.24) is 9.62 Å². The molecule has 124 valence electrons. The van der Waals surface area contributed by atoms with Crippen LogP contribution in [0.15, 0.2) is 29.2 Å². The van der Waals surface area contributed by atoms with Gasteiger partial charge in [0.15, 0.2) is 0 Å². The number of rotatable bonds is 8. The molecule has 1 N–H and O–H groups in total. The third-order valence-corrected chi connectivity index (χ3v) is 5.51. The normalized spacial score (nSPS) is 13.1. The van der Waals surface area contributed by atoms with Crippen molar-refractivity contribution in [3.8, 4) is 0 Å². The molecule has 22 heavy (non-hydrogen) atoms. The third-order valence-electron chi connectivity index (χ3n) is 3.64. The Morgan fingerprint density at radius 1 is 1.23 bits per heavy atom. The minimum atomic E-state index is -3.48. The number of unbranched alkanes of at least 4 members (excludes halogenated alkanes) is 1. The van der Waals surface area contributed by atoms with Crippen molar-refractivity contribution in [3.63, 3.8) is 0 Å². The minimum absolute atomic E-state index is 0.0936. The summed E-state index contributed by atoms with van der Waals surface area (Å²) in [4.78, 5) is 12.2. The van der Waals surface area contributed by atoms with Crippen LogP contribution < -0.4 is 5.32 Å². The van der Waals surface area contributed by atoms with Crippen LogP contribution in [0.5, 0.6) is 0 Å². The number of carbonyl (C=O) groups is 1. The van der Waals surface area contributed by atoms with E-state index in [0.29, 0.717) is 12.1 Å². The van der Waals surface area contributed by atoms with Crippen LogP contribution >= 0.6 is 0 Å². The molecule has 0 aliphatic heterocycles. The Labute approximate surface area is 133 Å². The van der Waals surface area contributed by atoms with E-state index >= 15 is 0 Å². The van der Waals surface area contributed by atoms with E-state index in [2.05, 4.69) is 5.32 Å². The Balaban J connectivity index is 2.86. The number of benzene rings is 1. The van der Waals surface area contributed by atoms with E-state index in [9.17, 15) is 13.2 Å². The average molecular weight is 326 g/mol. The van der Waals surface area contributed by atoms with Gasteiger partial charge in [0, 0.05) is 25.2 Å². The molecule has 1 aromatic carbocycles. The highest BCUT2D eigenvalue weighted by Crippen LogP contribution is 2.16. The van der Waals surface area contributed by atoms with Crippen molar-refractivity contribution in [1.29, 1.82) is 0 Å². The number of amides is 1. The van der Waals surface area contributed by atoms with Crippen LogP contribution in [-0.2, 0) is 10.0 Å². The van der Waals surface area contributed by atoms with Crippen molar-refractivity contribution in [2.45, 2.75) is 51.0 Å². The molecular formula is C16H26N2O3S. The van der Waals surface area contributed by atoms with Crippen LogP contribution in [0.4, 0.5) is 0 Å². The summed E-state index contributed by atoms with van der Waals surface area (Å²) in [5.74, 6) is -0.183. The van der Waals surface area contributed by atoms with Crippen LogP contribution in [-0.4, -0.2) is 38.3 Å². The fourth-order valence-corrected chi connectivity index (χ4v) is 3.08. The van der Waals surface area contributed by atoms with Crippen molar-refractivity contribution < 1.29 is 13.2 Å². The van der Waals surface area contributed by atoms with Crippen molar-refractivity contribution >= 4 is 15.9 Å². The standard InChI is InChI=1S/C16H26N2O3S/c1-5-7-12-18(4)22(20,21)15-10-8-14(9-11-15)16(19)17-13(3)6-2/h8-11,13H,5-7,12H2,1-4H3,(H,17,19). The zero-order valence-corrected chi connectivity index (χ0v) is 14.6. The van der Waals surface area contributed by atoms with Gasteiger partial charge in [-0.25, -0.2) is 12.7 Å². The summed E-state index contributed by atoms with van der Waals surface area (Å²) in [5.41, 5.74) is 0.468. The molecule has 6 heteroatoms. The first-order chi connectivity index (χ1) is 10.3. The van der Waals surface area contributed by atoms with Gasteiger partial charge < -0.3 is 5.32 Å². The summed E-state index contributed by atoms with van der Waals surface area (Å²) < 4.78 is 26.1. The van der Waals surface area contributed by atoms with Crippen LogP contribution in [0.25, 0.3) is 0 Å². The summed E-state index contributed by atoms with van der Waals surface area (Å²) >= 11 is 0. The summed E-state index contributed by atoms with van der Waals surface area (Å²) in [6, 6.07) is 6.18. The summed E-state index contributed by atoms with van der Waals surface area (Å²) in [6.45, 7) is 6.44. The molecule has 0 aromatic heterocycles. The zero-order chi connectivity index (χ0) is 16.8. The number of carbonyl (C=O) groups excluding carboxylic acids is 1. The molecule has 0 saturated heterocycles. The zero-order valence-electron chi connectivity index (χ0n) is 13.8. The van der Waals surface area contributed by atoms with E-state index in [-0.39, 0.29) is 16.8 Å². The molecule has 0 spiro atoms. The molecule has 1 atom stereocenters. The van der Waals surface area contributed by atoms with Crippen LogP contribution in [0.1, 0.15) is 50.4 Å². The Bertz CT molecular complexity index is 582. The van der Waals surface area contributed by atoms with E-state index in [1.165, 1.54) is 16.4 Å². The molecule has 0 saturated carbocycles. The predicted molar refractivity (Wildman–Crippen MR) is 88.4 cm³/mol. The Kier molecular flexibility index (Phi) is 7.03. The lowest BCUT2D eigenvalue weighted by atomic mass is 10.2. The van der Waals surface area contributed by atoms with E-state index < -0.39 is 10.0 Å². The molecule has 1 rings (SSSR count). The molecule has 1 unspecified atom stereocenters. The van der Waals surface area contributed by atoms with Crippen molar-refractivity contribution in [2.75, 3.05) is 13.6 Å². The van der Waals surface area contributed by atoms with Gasteiger partial charge in [-0.2, -0.15) is 0 Å². The molecule has 5 nitrogen and oxygen atoms in total. The van der Waals surface area contributed by atoms with Gasteiger partial charge in [-0.05, 0) is 44.0 Å². The maximum atomic E-state index is 12.4. The van der Waals surface area contributed by atoms with Gasteiger partial charge in [-0.3, -0.25) is 4.79 Å². The molecule has 0 radical (unpaired) electrons. The van der Waals surface area contributed by atoms with Crippen molar-refractivity contribution in [2.24, 2.45) is 0 Å². The van der Waals surface area contributed by atoms with E-state index in [1.54, 1.807) is 19.2 Å². The molecular weight excluding hydrogens is 300 g/mol. The largest absolute Gasteiger partial charge is 0.350 e. The quantitative estimate of drug-likeness (QED) is 0.798. The number of hydrogen-bond acceptors (Lipinski definition) is 3. The number of nitrogens with one attached hydrogen (secondary N) is 1. The highest BCUT2D eigenvalue weighted by molar-refractivity contribution is 7.89. The average Bonchev–Trinajstić information content (AvgIpc) is 2.52. The van der Waals surface area contributed by atoms with E-state index in [0.717, 1.165) is 19.3 Å². The third kappa shape index (κ3) is 4.81. The van der Waals surface area contributed by atoms with E-state index in [4.69, 9.17) is 0 Å². The van der Waals surface area contributed by atoms with Crippen LogP contribution in [0.3, 0.4) is 0 Å². The predicted octanol–water partition coefficient (Wildman–Crippen LogP) is 2.64. The fourth-order valence-electron chi connectivity index (χ4n) is 1.87. The fraction of sp³-hybridized carbons (Fsp3) is 0.562. The SMILES string of the molecule is CCCCN(C)S(=O)(=O)c1ccc(C(=O)NC(C)CC)cc1. The molecule has 0 bridgehead atoms. The Morgan fingerprint density at radius 3 is 2.32 bits per heavy atom. The van der Waals surface area contributed by atoms with Gasteiger partial charge in [0.2, 0.25) is 10.0 Å². The van der Waals surface area contributed by atoms with Gasteiger partial charge in [0.25, 0.3) is 5.91 Å².